The summed E-state index contributed by atoms with van der Waals surface area (Å²) in [5.74, 6) is 2.80. The lowest BCUT2D eigenvalue weighted by atomic mass is 9.78. The van der Waals surface area contributed by atoms with E-state index in [0.717, 1.165) is 32.2 Å². The summed E-state index contributed by atoms with van der Waals surface area (Å²) < 4.78 is 6.42. The Labute approximate surface area is 176 Å². The van der Waals surface area contributed by atoms with Crippen LogP contribution in [-0.4, -0.2) is 48.8 Å². The Morgan fingerprint density at radius 3 is 2.64 bits per heavy atom. The van der Waals surface area contributed by atoms with Crippen molar-refractivity contribution in [1.29, 1.82) is 0 Å². The van der Waals surface area contributed by atoms with E-state index in [0.29, 0.717) is 16.8 Å². The number of halogens is 1. The summed E-state index contributed by atoms with van der Waals surface area (Å²) in [6, 6.07) is 0. The Morgan fingerprint density at radius 1 is 1.28 bits per heavy atom. The molecule has 6 heteroatoms. The molecule has 0 radical (unpaired) electrons. The maximum absolute atomic E-state index is 6.10. The van der Waals surface area contributed by atoms with Crippen LogP contribution in [0.2, 0.25) is 0 Å². The minimum atomic E-state index is 0. The second kappa shape index (κ2) is 10.6. The molecule has 3 unspecified atom stereocenters. The molecule has 0 spiro atoms. The second-order valence-corrected chi connectivity index (χ2v) is 10.2. The van der Waals surface area contributed by atoms with Crippen molar-refractivity contribution in [1.82, 2.24) is 10.6 Å². The summed E-state index contributed by atoms with van der Waals surface area (Å²) >= 11 is 2.07. The minimum Gasteiger partial charge on any atom is -0.377 e. The average Bonchev–Trinajstić information content (AvgIpc) is 2.96. The number of thioether (sulfide) groups is 1. The lowest BCUT2D eigenvalue weighted by Gasteiger charge is -2.40. The lowest BCUT2D eigenvalue weighted by Crippen LogP contribution is -2.47. The van der Waals surface area contributed by atoms with Crippen LogP contribution in [0.4, 0.5) is 0 Å². The van der Waals surface area contributed by atoms with Crippen LogP contribution in [0.3, 0.4) is 0 Å². The van der Waals surface area contributed by atoms with Gasteiger partial charge in [0.2, 0.25) is 0 Å². The molecule has 0 aromatic carbocycles. The van der Waals surface area contributed by atoms with Crippen LogP contribution in [0.1, 0.15) is 60.3 Å². The van der Waals surface area contributed by atoms with E-state index in [1.807, 2.05) is 0 Å². The molecule has 2 aliphatic rings. The third-order valence-corrected chi connectivity index (χ3v) is 6.57. The molecule has 2 fully saturated rings. The first-order chi connectivity index (χ1) is 11.3. The van der Waals surface area contributed by atoms with Crippen molar-refractivity contribution in [3.63, 3.8) is 0 Å². The van der Waals surface area contributed by atoms with Gasteiger partial charge in [-0.1, -0.05) is 20.8 Å². The highest BCUT2D eigenvalue weighted by Gasteiger charge is 2.35. The van der Waals surface area contributed by atoms with Gasteiger partial charge in [0.1, 0.15) is 0 Å². The van der Waals surface area contributed by atoms with E-state index < -0.39 is 0 Å². The van der Waals surface area contributed by atoms with Crippen molar-refractivity contribution in [2.24, 2.45) is 16.3 Å². The summed E-state index contributed by atoms with van der Waals surface area (Å²) in [6.45, 7) is 15.0. The smallest absolute Gasteiger partial charge is 0.191 e. The summed E-state index contributed by atoms with van der Waals surface area (Å²) in [7, 11) is 0. The molecule has 2 N–H and O–H groups in total. The first kappa shape index (κ1) is 23.3. The SMILES string of the molecule is CCNC(=NCC1(C)CCCS1)NCC1CCCOC1C(C)(C)C.I. The summed E-state index contributed by atoms with van der Waals surface area (Å²) in [4.78, 5) is 4.87. The Bertz CT molecular complexity index is 419. The Morgan fingerprint density at radius 2 is 2.04 bits per heavy atom. The van der Waals surface area contributed by atoms with Gasteiger partial charge in [-0.25, -0.2) is 0 Å². The number of guanidine groups is 1. The molecule has 0 aliphatic carbocycles. The molecular weight excluding hydrogens is 445 g/mol. The largest absolute Gasteiger partial charge is 0.377 e. The van der Waals surface area contributed by atoms with Gasteiger partial charge in [0, 0.05) is 30.4 Å². The monoisotopic (exact) mass is 483 g/mol. The van der Waals surface area contributed by atoms with Crippen molar-refractivity contribution >= 4 is 41.7 Å². The van der Waals surface area contributed by atoms with E-state index in [2.05, 4.69) is 57.0 Å². The number of nitrogens with one attached hydrogen (secondary N) is 2. The van der Waals surface area contributed by atoms with Crippen molar-refractivity contribution in [3.05, 3.63) is 0 Å². The highest BCUT2D eigenvalue weighted by Crippen LogP contribution is 2.38. The van der Waals surface area contributed by atoms with Gasteiger partial charge in [-0.05, 0) is 50.7 Å². The Kier molecular flexibility index (Phi) is 9.89. The standard InChI is InChI=1S/C19H37N3OS.HI/c1-6-20-17(22-14-19(5)10-8-12-24-19)21-13-15-9-7-11-23-16(15)18(2,3)4;/h15-16H,6-14H2,1-5H3,(H2,20,21,22);1H. The van der Waals surface area contributed by atoms with Crippen LogP contribution in [0.5, 0.6) is 0 Å². The van der Waals surface area contributed by atoms with Crippen molar-refractivity contribution in [3.8, 4) is 0 Å². The third kappa shape index (κ3) is 7.45. The molecule has 2 rings (SSSR count). The fourth-order valence-electron chi connectivity index (χ4n) is 3.79. The normalized spacial score (nSPS) is 30.7. The molecule has 3 atom stereocenters. The fraction of sp³-hybridized carbons (Fsp3) is 0.947. The first-order valence-electron chi connectivity index (χ1n) is 9.62. The van der Waals surface area contributed by atoms with Gasteiger partial charge in [-0.3, -0.25) is 4.99 Å². The molecule has 0 amide bonds. The van der Waals surface area contributed by atoms with Crippen LogP contribution in [0.25, 0.3) is 0 Å². The zero-order valence-corrected chi connectivity index (χ0v) is 19.8. The molecule has 148 valence electrons. The van der Waals surface area contributed by atoms with Crippen LogP contribution >= 0.6 is 35.7 Å². The van der Waals surface area contributed by atoms with Crippen molar-refractivity contribution in [2.45, 2.75) is 71.2 Å². The number of nitrogens with zero attached hydrogens (tertiary/aromatic N) is 1. The summed E-state index contributed by atoms with van der Waals surface area (Å²) in [6.07, 6.45) is 5.34. The molecule has 25 heavy (non-hydrogen) atoms. The summed E-state index contributed by atoms with van der Waals surface area (Å²) in [5.41, 5.74) is 0.191. The zero-order chi connectivity index (χ0) is 17.6. The van der Waals surface area contributed by atoms with Gasteiger partial charge < -0.3 is 15.4 Å². The second-order valence-electron chi connectivity index (χ2n) is 8.54. The first-order valence-corrected chi connectivity index (χ1v) is 10.6. The Balaban J connectivity index is 0.00000312. The highest BCUT2D eigenvalue weighted by molar-refractivity contribution is 14.0. The number of hydrogen-bond acceptors (Lipinski definition) is 3. The minimum absolute atomic E-state index is 0. The third-order valence-electron chi connectivity index (χ3n) is 5.05. The zero-order valence-electron chi connectivity index (χ0n) is 16.7. The van der Waals surface area contributed by atoms with Crippen molar-refractivity contribution in [2.75, 3.05) is 32.0 Å². The molecule has 2 heterocycles. The van der Waals surface area contributed by atoms with Gasteiger partial charge >= 0.3 is 0 Å². The van der Waals surface area contributed by atoms with Gasteiger partial charge in [-0.2, -0.15) is 11.8 Å². The van der Waals surface area contributed by atoms with E-state index in [1.54, 1.807) is 0 Å². The fourth-order valence-corrected chi connectivity index (χ4v) is 5.01. The molecule has 0 aromatic rings. The quantitative estimate of drug-likeness (QED) is 0.348. The molecule has 0 saturated carbocycles. The topological polar surface area (TPSA) is 45.7 Å². The van der Waals surface area contributed by atoms with Crippen molar-refractivity contribution < 1.29 is 4.74 Å². The van der Waals surface area contributed by atoms with E-state index in [1.165, 1.54) is 31.4 Å². The van der Waals surface area contributed by atoms with Crippen LogP contribution in [0, 0.1) is 11.3 Å². The van der Waals surface area contributed by atoms with Gasteiger partial charge in [0.25, 0.3) is 0 Å². The molecule has 4 nitrogen and oxygen atoms in total. The predicted octanol–water partition coefficient (Wildman–Crippen LogP) is 4.29. The molecular formula is C19H38IN3OS. The molecule has 2 saturated heterocycles. The van der Waals surface area contributed by atoms with Crippen LogP contribution in [-0.2, 0) is 4.74 Å². The van der Waals surface area contributed by atoms with Crippen LogP contribution in [0.15, 0.2) is 4.99 Å². The number of ether oxygens (including phenoxy) is 1. The maximum Gasteiger partial charge on any atom is 0.191 e. The number of hydrogen-bond donors (Lipinski definition) is 2. The molecule has 0 bridgehead atoms. The number of aliphatic imine (C=N–C) groups is 1. The van der Waals surface area contributed by atoms with Gasteiger partial charge in [0.15, 0.2) is 5.96 Å². The highest BCUT2D eigenvalue weighted by atomic mass is 127. The van der Waals surface area contributed by atoms with E-state index in [4.69, 9.17) is 9.73 Å². The molecule has 2 aliphatic heterocycles. The van der Waals surface area contributed by atoms with E-state index in [-0.39, 0.29) is 29.4 Å². The van der Waals surface area contributed by atoms with Gasteiger partial charge in [0.05, 0.1) is 12.6 Å². The summed E-state index contributed by atoms with van der Waals surface area (Å²) in [5, 5.41) is 6.99. The van der Waals surface area contributed by atoms with E-state index >= 15 is 0 Å². The predicted molar refractivity (Wildman–Crippen MR) is 121 cm³/mol. The average molecular weight is 484 g/mol. The van der Waals surface area contributed by atoms with Crippen LogP contribution < -0.4 is 10.6 Å². The lowest BCUT2D eigenvalue weighted by molar-refractivity contribution is -0.0835. The van der Waals surface area contributed by atoms with E-state index in [9.17, 15) is 0 Å². The number of rotatable bonds is 5. The molecule has 0 aromatic heterocycles. The maximum atomic E-state index is 6.10. The van der Waals surface area contributed by atoms with Gasteiger partial charge in [-0.15, -0.1) is 24.0 Å². The Hall–Kier alpha value is 0.310.